The molecule has 0 saturated carbocycles. The van der Waals surface area contributed by atoms with Crippen LogP contribution in [0, 0.1) is 17.5 Å². The minimum absolute atomic E-state index is 0.428. The molecule has 0 bridgehead atoms. The minimum atomic E-state index is -4.51. The summed E-state index contributed by atoms with van der Waals surface area (Å²) in [5.41, 5.74) is -0.623. The Labute approximate surface area is 132 Å². The number of carbonyl (C=O) groups excluding carboxylic acids is 2. The fourth-order valence-electron chi connectivity index (χ4n) is 1.44. The lowest BCUT2D eigenvalue weighted by molar-refractivity contribution is -0.174. The first kappa shape index (κ1) is 19.7. The summed E-state index contributed by atoms with van der Waals surface area (Å²) in [6.07, 6.45) is -4.94. The van der Waals surface area contributed by atoms with Gasteiger partial charge < -0.3 is 15.4 Å². The van der Waals surface area contributed by atoms with Gasteiger partial charge in [0.05, 0.1) is 18.8 Å². The van der Waals surface area contributed by atoms with Crippen molar-refractivity contribution < 1.29 is 40.7 Å². The van der Waals surface area contributed by atoms with Gasteiger partial charge in [-0.1, -0.05) is 0 Å². The summed E-state index contributed by atoms with van der Waals surface area (Å²) in [6, 6.07) is 1.39. The van der Waals surface area contributed by atoms with Gasteiger partial charge in [0, 0.05) is 6.42 Å². The van der Waals surface area contributed by atoms with Gasteiger partial charge in [0.2, 0.25) is 11.8 Å². The van der Waals surface area contributed by atoms with Crippen LogP contribution in [0.25, 0.3) is 0 Å². The normalized spacial score (nSPS) is 11.2. The van der Waals surface area contributed by atoms with Crippen molar-refractivity contribution in [2.45, 2.75) is 12.6 Å². The Morgan fingerprint density at radius 3 is 2.33 bits per heavy atom. The zero-order chi connectivity index (χ0) is 18.3. The number of rotatable bonds is 7. The molecular weight excluding hydrogens is 346 g/mol. The topological polar surface area (TPSA) is 67.4 Å². The molecule has 0 fully saturated rings. The van der Waals surface area contributed by atoms with Gasteiger partial charge in [-0.3, -0.25) is 9.59 Å². The first-order valence-corrected chi connectivity index (χ1v) is 6.44. The van der Waals surface area contributed by atoms with Crippen molar-refractivity contribution in [3.63, 3.8) is 0 Å². The summed E-state index contributed by atoms with van der Waals surface area (Å²) < 4.78 is 78.5. The van der Waals surface area contributed by atoms with Crippen molar-refractivity contribution in [3.8, 4) is 0 Å². The second kappa shape index (κ2) is 8.52. The van der Waals surface area contributed by atoms with E-state index in [1.807, 2.05) is 10.6 Å². The highest BCUT2D eigenvalue weighted by atomic mass is 19.4. The average molecular weight is 358 g/mol. The fraction of sp³-hybridized carbons (Fsp3) is 0.385. The average Bonchev–Trinajstić information content (AvgIpc) is 2.49. The van der Waals surface area contributed by atoms with Gasteiger partial charge >= 0.3 is 6.18 Å². The molecule has 11 heteroatoms. The number of amides is 2. The van der Waals surface area contributed by atoms with E-state index in [1.54, 1.807) is 0 Å². The largest absolute Gasteiger partial charge is 0.411 e. The highest BCUT2D eigenvalue weighted by Gasteiger charge is 2.27. The van der Waals surface area contributed by atoms with Crippen LogP contribution in [-0.4, -0.2) is 37.7 Å². The van der Waals surface area contributed by atoms with Gasteiger partial charge in [0.25, 0.3) is 0 Å². The number of anilines is 1. The van der Waals surface area contributed by atoms with Crippen molar-refractivity contribution in [2.24, 2.45) is 0 Å². The summed E-state index contributed by atoms with van der Waals surface area (Å²) in [4.78, 5) is 22.7. The van der Waals surface area contributed by atoms with E-state index < -0.39 is 67.3 Å². The number of halogens is 6. The lowest BCUT2D eigenvalue weighted by Crippen LogP contribution is -2.33. The van der Waals surface area contributed by atoms with E-state index in [0.717, 1.165) is 6.07 Å². The van der Waals surface area contributed by atoms with Gasteiger partial charge in [-0.25, -0.2) is 13.2 Å². The lowest BCUT2D eigenvalue weighted by Gasteiger charge is -2.09. The van der Waals surface area contributed by atoms with E-state index in [1.165, 1.54) is 0 Å². The Hall–Kier alpha value is -2.30. The first-order chi connectivity index (χ1) is 11.1. The molecule has 0 spiro atoms. The van der Waals surface area contributed by atoms with E-state index in [9.17, 15) is 35.9 Å². The third-order valence-corrected chi connectivity index (χ3v) is 2.49. The molecule has 0 aliphatic rings. The summed E-state index contributed by atoms with van der Waals surface area (Å²) in [5, 5.41) is 3.95. The number of hydrogen-bond acceptors (Lipinski definition) is 3. The molecule has 24 heavy (non-hydrogen) atoms. The van der Waals surface area contributed by atoms with Crippen LogP contribution >= 0.6 is 0 Å². The van der Waals surface area contributed by atoms with Gasteiger partial charge in [0.15, 0.2) is 17.5 Å². The van der Waals surface area contributed by atoms with Gasteiger partial charge in [-0.2, -0.15) is 13.2 Å². The molecule has 0 saturated heterocycles. The van der Waals surface area contributed by atoms with Gasteiger partial charge in [-0.15, -0.1) is 0 Å². The molecule has 1 aromatic rings. The summed E-state index contributed by atoms with van der Waals surface area (Å²) in [7, 11) is 0. The Bertz CT molecular complexity index is 606. The van der Waals surface area contributed by atoms with E-state index in [0.29, 0.717) is 6.07 Å². The molecule has 1 rings (SSSR count). The SMILES string of the molecule is O=C(CCOCC(F)(F)F)NCC(=O)Nc1ccc(F)c(F)c1F. The number of alkyl halides is 3. The maximum atomic E-state index is 13.3. The maximum absolute atomic E-state index is 13.3. The predicted octanol–water partition coefficient (Wildman–Crippen LogP) is 2.13. The van der Waals surface area contributed by atoms with Crippen LogP contribution in [0.2, 0.25) is 0 Å². The van der Waals surface area contributed by atoms with Crippen LogP contribution in [0.3, 0.4) is 0 Å². The van der Waals surface area contributed by atoms with Crippen molar-refractivity contribution >= 4 is 17.5 Å². The Morgan fingerprint density at radius 2 is 1.71 bits per heavy atom. The fourth-order valence-corrected chi connectivity index (χ4v) is 1.44. The molecular formula is C13H12F6N2O3. The van der Waals surface area contributed by atoms with Crippen LogP contribution in [0.15, 0.2) is 12.1 Å². The van der Waals surface area contributed by atoms with Crippen molar-refractivity contribution in [2.75, 3.05) is 25.1 Å². The predicted molar refractivity (Wildman–Crippen MR) is 69.4 cm³/mol. The van der Waals surface area contributed by atoms with Crippen molar-refractivity contribution in [3.05, 3.63) is 29.6 Å². The van der Waals surface area contributed by atoms with Crippen LogP contribution < -0.4 is 10.6 Å². The summed E-state index contributed by atoms with van der Waals surface area (Å²) >= 11 is 0. The summed E-state index contributed by atoms with van der Waals surface area (Å²) in [5.74, 6) is -6.52. The quantitative estimate of drug-likeness (QED) is 0.446. The van der Waals surface area contributed by atoms with E-state index >= 15 is 0 Å². The zero-order valence-corrected chi connectivity index (χ0v) is 12.0. The van der Waals surface area contributed by atoms with E-state index in [2.05, 4.69) is 4.74 Å². The van der Waals surface area contributed by atoms with Crippen LogP contribution in [0.1, 0.15) is 6.42 Å². The highest BCUT2D eigenvalue weighted by Crippen LogP contribution is 2.19. The number of nitrogens with one attached hydrogen (secondary N) is 2. The van der Waals surface area contributed by atoms with Crippen LogP contribution in [-0.2, 0) is 14.3 Å². The smallest absolute Gasteiger partial charge is 0.372 e. The molecule has 5 nitrogen and oxygen atoms in total. The van der Waals surface area contributed by atoms with E-state index in [-0.39, 0.29) is 0 Å². The number of ether oxygens (including phenoxy) is 1. The van der Waals surface area contributed by atoms with Crippen LogP contribution in [0.5, 0.6) is 0 Å². The maximum Gasteiger partial charge on any atom is 0.411 e. The molecule has 0 aliphatic heterocycles. The molecule has 134 valence electrons. The van der Waals surface area contributed by atoms with Crippen LogP contribution in [0.4, 0.5) is 32.0 Å². The number of benzene rings is 1. The summed E-state index contributed by atoms with van der Waals surface area (Å²) in [6.45, 7) is -2.66. The van der Waals surface area contributed by atoms with Crippen molar-refractivity contribution in [1.29, 1.82) is 0 Å². The molecule has 0 heterocycles. The molecule has 2 amide bonds. The van der Waals surface area contributed by atoms with Gasteiger partial charge in [0.1, 0.15) is 6.61 Å². The third-order valence-electron chi connectivity index (χ3n) is 2.49. The van der Waals surface area contributed by atoms with E-state index in [4.69, 9.17) is 0 Å². The third kappa shape index (κ3) is 6.86. The molecule has 0 aromatic heterocycles. The standard InChI is InChI=1S/C13H12F6N2O3/c14-7-1-2-8(12(16)11(7)15)21-10(23)5-20-9(22)3-4-24-6-13(17,18)19/h1-2H,3-6H2,(H,20,22)(H,21,23). The molecule has 0 unspecified atom stereocenters. The first-order valence-electron chi connectivity index (χ1n) is 6.44. The monoisotopic (exact) mass is 358 g/mol. The molecule has 0 radical (unpaired) electrons. The minimum Gasteiger partial charge on any atom is -0.372 e. The number of carbonyl (C=O) groups is 2. The Morgan fingerprint density at radius 1 is 1.04 bits per heavy atom. The zero-order valence-electron chi connectivity index (χ0n) is 12.0. The molecule has 0 aliphatic carbocycles. The lowest BCUT2D eigenvalue weighted by atomic mass is 10.2. The van der Waals surface area contributed by atoms with Gasteiger partial charge in [-0.05, 0) is 12.1 Å². The second-order valence-electron chi connectivity index (χ2n) is 4.47. The molecule has 0 atom stereocenters. The Balaban J connectivity index is 2.34. The molecule has 2 N–H and O–H groups in total. The highest BCUT2D eigenvalue weighted by molar-refractivity contribution is 5.94. The molecule has 1 aromatic carbocycles. The Kier molecular flexibility index (Phi) is 7.01. The number of hydrogen-bond donors (Lipinski definition) is 2. The second-order valence-corrected chi connectivity index (χ2v) is 4.47. The van der Waals surface area contributed by atoms with Crippen molar-refractivity contribution in [1.82, 2.24) is 5.32 Å².